The molecule has 0 aliphatic rings. The summed E-state index contributed by atoms with van der Waals surface area (Å²) in [6.45, 7) is 6.28. The van der Waals surface area contributed by atoms with Gasteiger partial charge in [0.05, 0.1) is 6.20 Å². The number of hydrogen-bond acceptors (Lipinski definition) is 1. The topological polar surface area (TPSA) is 17.8 Å². The molecule has 2 nitrogen and oxygen atoms in total. The highest BCUT2D eigenvalue weighted by molar-refractivity contribution is 5.76. The second-order valence-electron chi connectivity index (χ2n) is 4.42. The van der Waals surface area contributed by atoms with E-state index in [0.29, 0.717) is 0 Å². The van der Waals surface area contributed by atoms with Gasteiger partial charge in [-0.1, -0.05) is 0 Å². The molecule has 2 aromatic rings. The molecule has 0 N–H and O–H groups in total. The minimum absolute atomic E-state index is 0.0213. The van der Waals surface area contributed by atoms with Gasteiger partial charge in [0, 0.05) is 17.1 Å². The predicted octanol–water partition coefficient (Wildman–Crippen LogP) is 2.93. The number of halogens is 1. The second-order valence-corrected chi connectivity index (χ2v) is 4.42. The minimum atomic E-state index is -0.288. The van der Waals surface area contributed by atoms with Crippen molar-refractivity contribution < 1.29 is 4.39 Å². The Morgan fingerprint density at radius 3 is 2.71 bits per heavy atom. The highest BCUT2D eigenvalue weighted by atomic mass is 19.1. The first-order valence-electron chi connectivity index (χ1n) is 4.61. The zero-order valence-corrected chi connectivity index (χ0v) is 8.58. The van der Waals surface area contributed by atoms with Gasteiger partial charge in [0.15, 0.2) is 0 Å². The quantitative estimate of drug-likeness (QED) is 0.627. The third-order valence-electron chi connectivity index (χ3n) is 2.22. The molecule has 14 heavy (non-hydrogen) atoms. The van der Waals surface area contributed by atoms with Crippen molar-refractivity contribution in [3.8, 4) is 0 Å². The van der Waals surface area contributed by atoms with Gasteiger partial charge in [-0.25, -0.2) is 9.37 Å². The van der Waals surface area contributed by atoms with Gasteiger partial charge in [0.1, 0.15) is 11.5 Å². The fourth-order valence-corrected chi connectivity index (χ4v) is 1.54. The van der Waals surface area contributed by atoms with Crippen LogP contribution in [0.4, 0.5) is 4.39 Å². The Hall–Kier alpha value is -1.38. The maximum atomic E-state index is 12.9. The van der Waals surface area contributed by atoms with E-state index in [-0.39, 0.29) is 11.4 Å². The highest BCUT2D eigenvalue weighted by Gasteiger charge is 2.15. The van der Waals surface area contributed by atoms with Crippen molar-refractivity contribution >= 4 is 11.0 Å². The molecule has 0 aromatic carbocycles. The fraction of sp³-hybridized carbons (Fsp3) is 0.364. The Balaban J connectivity index is 2.70. The van der Waals surface area contributed by atoms with Crippen LogP contribution in [0.5, 0.6) is 0 Å². The van der Waals surface area contributed by atoms with Crippen molar-refractivity contribution in [2.45, 2.75) is 26.3 Å². The Morgan fingerprint density at radius 1 is 1.36 bits per heavy atom. The minimum Gasteiger partial charge on any atom is -0.327 e. The smallest absolute Gasteiger partial charge is 0.142 e. The standard InChI is InChI=1S/C11H13FN2/c1-11(2,3)14-5-4-8-6-9(12)7-13-10(8)14/h4-7H,1-3H3. The number of aromatic nitrogens is 2. The summed E-state index contributed by atoms with van der Waals surface area (Å²) in [5.41, 5.74) is 0.811. The van der Waals surface area contributed by atoms with Crippen LogP contribution in [-0.4, -0.2) is 9.55 Å². The number of hydrogen-bond donors (Lipinski definition) is 0. The lowest BCUT2D eigenvalue weighted by Crippen LogP contribution is -2.20. The predicted molar refractivity (Wildman–Crippen MR) is 54.7 cm³/mol. The zero-order valence-electron chi connectivity index (χ0n) is 8.58. The van der Waals surface area contributed by atoms with Crippen molar-refractivity contribution in [3.63, 3.8) is 0 Å². The van der Waals surface area contributed by atoms with Gasteiger partial charge >= 0.3 is 0 Å². The van der Waals surface area contributed by atoms with E-state index in [1.54, 1.807) is 0 Å². The first kappa shape index (κ1) is 9.19. The third-order valence-corrected chi connectivity index (χ3v) is 2.22. The molecule has 0 radical (unpaired) electrons. The molecule has 0 atom stereocenters. The summed E-state index contributed by atoms with van der Waals surface area (Å²) in [6, 6.07) is 3.39. The maximum Gasteiger partial charge on any atom is 0.142 e. The van der Waals surface area contributed by atoms with Crippen LogP contribution in [0.3, 0.4) is 0 Å². The van der Waals surface area contributed by atoms with Crippen molar-refractivity contribution in [2.75, 3.05) is 0 Å². The number of rotatable bonds is 0. The summed E-state index contributed by atoms with van der Waals surface area (Å²) in [6.07, 6.45) is 3.20. The average Bonchev–Trinajstić information content (AvgIpc) is 2.45. The summed E-state index contributed by atoms with van der Waals surface area (Å²) >= 11 is 0. The molecule has 74 valence electrons. The molecular formula is C11H13FN2. The lowest BCUT2D eigenvalue weighted by atomic mass is 10.1. The largest absolute Gasteiger partial charge is 0.327 e. The van der Waals surface area contributed by atoms with Crippen LogP contribution >= 0.6 is 0 Å². The van der Waals surface area contributed by atoms with Crippen molar-refractivity contribution in [3.05, 3.63) is 30.3 Å². The molecular weight excluding hydrogens is 179 g/mol. The van der Waals surface area contributed by atoms with E-state index in [1.165, 1.54) is 12.3 Å². The van der Waals surface area contributed by atoms with Crippen LogP contribution in [0.2, 0.25) is 0 Å². The molecule has 0 aliphatic carbocycles. The Bertz CT molecular complexity index is 466. The van der Waals surface area contributed by atoms with E-state index < -0.39 is 0 Å². The molecule has 0 aliphatic heterocycles. The second kappa shape index (κ2) is 2.80. The van der Waals surface area contributed by atoms with E-state index in [2.05, 4.69) is 25.8 Å². The van der Waals surface area contributed by atoms with Crippen molar-refractivity contribution in [2.24, 2.45) is 0 Å². The van der Waals surface area contributed by atoms with E-state index in [4.69, 9.17) is 0 Å². The van der Waals surface area contributed by atoms with Crippen LogP contribution in [0.25, 0.3) is 11.0 Å². The molecule has 3 heteroatoms. The molecule has 0 spiro atoms. The van der Waals surface area contributed by atoms with E-state index in [9.17, 15) is 4.39 Å². The van der Waals surface area contributed by atoms with Crippen LogP contribution in [0.15, 0.2) is 24.5 Å². The molecule has 0 saturated carbocycles. The molecule has 0 amide bonds. The van der Waals surface area contributed by atoms with Crippen LogP contribution in [0, 0.1) is 5.82 Å². The molecule has 0 bridgehead atoms. The maximum absolute atomic E-state index is 12.9. The third kappa shape index (κ3) is 1.39. The van der Waals surface area contributed by atoms with E-state index in [1.807, 2.05) is 16.8 Å². The molecule has 2 rings (SSSR count). The first-order chi connectivity index (χ1) is 6.48. The summed E-state index contributed by atoms with van der Waals surface area (Å²) in [7, 11) is 0. The van der Waals surface area contributed by atoms with Crippen molar-refractivity contribution in [1.82, 2.24) is 9.55 Å². The summed E-state index contributed by atoms with van der Waals surface area (Å²) < 4.78 is 14.9. The fourth-order valence-electron chi connectivity index (χ4n) is 1.54. The van der Waals surface area contributed by atoms with Gasteiger partial charge in [-0.2, -0.15) is 0 Å². The SMILES string of the molecule is CC(C)(C)n1ccc2cc(F)cnc21. The van der Waals surface area contributed by atoms with Crippen LogP contribution < -0.4 is 0 Å². The van der Waals surface area contributed by atoms with E-state index in [0.717, 1.165) is 11.0 Å². The molecule has 2 heterocycles. The lowest BCUT2D eigenvalue weighted by Gasteiger charge is -2.21. The van der Waals surface area contributed by atoms with Gasteiger partial charge in [0.2, 0.25) is 0 Å². The first-order valence-corrected chi connectivity index (χ1v) is 4.61. The van der Waals surface area contributed by atoms with Gasteiger partial charge in [-0.3, -0.25) is 0 Å². The average molecular weight is 192 g/mol. The Labute approximate surface area is 82.4 Å². The summed E-state index contributed by atoms with van der Waals surface area (Å²) in [5.74, 6) is -0.288. The summed E-state index contributed by atoms with van der Waals surface area (Å²) in [4.78, 5) is 4.10. The Morgan fingerprint density at radius 2 is 2.07 bits per heavy atom. The van der Waals surface area contributed by atoms with Gasteiger partial charge < -0.3 is 4.57 Å². The molecule has 0 fully saturated rings. The number of pyridine rings is 1. The van der Waals surface area contributed by atoms with E-state index >= 15 is 0 Å². The number of nitrogens with zero attached hydrogens (tertiary/aromatic N) is 2. The van der Waals surface area contributed by atoms with Crippen LogP contribution in [-0.2, 0) is 5.54 Å². The highest BCUT2D eigenvalue weighted by Crippen LogP contribution is 2.22. The zero-order chi connectivity index (χ0) is 10.3. The molecule has 0 unspecified atom stereocenters. The van der Waals surface area contributed by atoms with Gasteiger partial charge in [-0.05, 0) is 32.9 Å². The normalized spacial score (nSPS) is 12.3. The number of fused-ring (bicyclic) bond motifs is 1. The van der Waals surface area contributed by atoms with Crippen molar-refractivity contribution in [1.29, 1.82) is 0 Å². The van der Waals surface area contributed by atoms with Gasteiger partial charge in [0.25, 0.3) is 0 Å². The van der Waals surface area contributed by atoms with Gasteiger partial charge in [-0.15, -0.1) is 0 Å². The summed E-state index contributed by atoms with van der Waals surface area (Å²) in [5, 5.41) is 0.847. The molecule has 0 saturated heterocycles. The molecule has 2 aromatic heterocycles. The Kier molecular flexibility index (Phi) is 1.84. The monoisotopic (exact) mass is 192 g/mol. The lowest BCUT2D eigenvalue weighted by molar-refractivity contribution is 0.408. The van der Waals surface area contributed by atoms with Crippen LogP contribution in [0.1, 0.15) is 20.8 Å².